The maximum absolute atomic E-state index is 15.3. The first kappa shape index (κ1) is 30.8. The average molecular weight is 576 g/mol. The minimum atomic E-state index is -4.92. The second kappa shape index (κ2) is 11.8. The van der Waals surface area contributed by atoms with E-state index in [2.05, 4.69) is 0 Å². The third-order valence-corrected chi connectivity index (χ3v) is 8.75. The second-order valence-corrected chi connectivity index (χ2v) is 12.2. The predicted molar refractivity (Wildman–Crippen MR) is 137 cm³/mol. The van der Waals surface area contributed by atoms with Gasteiger partial charge in [-0.1, -0.05) is 26.0 Å². The predicted octanol–water partition coefficient (Wildman–Crippen LogP) is 4.17. The van der Waals surface area contributed by atoms with E-state index in [1.165, 1.54) is 10.4 Å². The molecule has 1 saturated heterocycles. The number of rotatable bonds is 9. The third-order valence-electron chi connectivity index (χ3n) is 6.86. The molecule has 0 amide bonds. The fraction of sp³-hybridized carbons (Fsp3) is 0.500. The lowest BCUT2D eigenvalue weighted by Gasteiger charge is -2.35. The number of hydrogen-bond donors (Lipinski definition) is 2. The van der Waals surface area contributed by atoms with E-state index in [1.807, 2.05) is 11.9 Å². The van der Waals surface area contributed by atoms with E-state index in [0.29, 0.717) is 24.1 Å². The van der Waals surface area contributed by atoms with Crippen LogP contribution in [0.1, 0.15) is 31.9 Å². The van der Waals surface area contributed by atoms with E-state index in [0.717, 1.165) is 31.3 Å². The molecule has 216 valence electrons. The van der Waals surface area contributed by atoms with Gasteiger partial charge in [-0.2, -0.15) is 17.5 Å². The number of carboxylic acids is 1. The molecule has 0 saturated carbocycles. The molecule has 1 aliphatic rings. The van der Waals surface area contributed by atoms with Crippen LogP contribution in [0.3, 0.4) is 0 Å². The number of alkyl halides is 3. The fourth-order valence-corrected chi connectivity index (χ4v) is 6.16. The summed E-state index contributed by atoms with van der Waals surface area (Å²) >= 11 is 0. The number of hydrogen-bond acceptors (Lipinski definition) is 6. The first-order valence-electron chi connectivity index (χ1n) is 12.4. The normalized spacial score (nSPS) is 17.5. The van der Waals surface area contributed by atoms with E-state index >= 15 is 4.39 Å². The van der Waals surface area contributed by atoms with E-state index in [1.54, 1.807) is 13.8 Å². The highest BCUT2D eigenvalue weighted by molar-refractivity contribution is 7.89. The zero-order valence-electron chi connectivity index (χ0n) is 22.1. The lowest BCUT2D eigenvalue weighted by atomic mass is 9.96. The number of aliphatic carboxylic acids is 1. The van der Waals surface area contributed by atoms with Crippen molar-refractivity contribution in [1.82, 2.24) is 14.1 Å². The van der Waals surface area contributed by atoms with Gasteiger partial charge in [0.25, 0.3) is 0 Å². The molecule has 1 unspecified atom stereocenters. The Balaban J connectivity index is 2.01. The van der Waals surface area contributed by atoms with Crippen molar-refractivity contribution in [2.75, 3.05) is 40.3 Å². The number of phenols is 1. The highest BCUT2D eigenvalue weighted by Crippen LogP contribution is 2.41. The summed E-state index contributed by atoms with van der Waals surface area (Å²) in [5.41, 5.74) is -1.02. The molecule has 2 aromatic carbocycles. The van der Waals surface area contributed by atoms with Gasteiger partial charge in [-0.05, 0) is 56.3 Å². The van der Waals surface area contributed by atoms with Crippen LogP contribution in [-0.4, -0.2) is 91.2 Å². The number of sulfonamides is 1. The summed E-state index contributed by atoms with van der Waals surface area (Å²) in [5, 5.41) is 20.0. The SMILES string of the molecule is CC(C)C[C@@H](C(=O)O)N(C)C(c1ccc(-c2cc(S(=O)(=O)N3CCN(C)CC3)ccc2O)c(F)c1)C(F)(F)F. The van der Waals surface area contributed by atoms with Crippen LogP contribution in [0, 0.1) is 11.7 Å². The average Bonchev–Trinajstić information content (AvgIpc) is 2.82. The van der Waals surface area contributed by atoms with E-state index in [4.69, 9.17) is 0 Å². The van der Waals surface area contributed by atoms with Crippen molar-refractivity contribution in [1.29, 1.82) is 0 Å². The smallest absolute Gasteiger partial charge is 0.408 e. The molecule has 2 atom stereocenters. The zero-order chi connectivity index (χ0) is 29.3. The van der Waals surface area contributed by atoms with E-state index < -0.39 is 51.4 Å². The molecule has 39 heavy (non-hydrogen) atoms. The van der Waals surface area contributed by atoms with Crippen molar-refractivity contribution in [3.63, 3.8) is 0 Å². The van der Waals surface area contributed by atoms with Crippen LogP contribution in [0.2, 0.25) is 0 Å². The molecule has 0 spiro atoms. The van der Waals surface area contributed by atoms with Gasteiger partial charge in [0.05, 0.1) is 4.90 Å². The van der Waals surface area contributed by atoms with Crippen LogP contribution in [0.25, 0.3) is 11.1 Å². The Morgan fingerprint density at radius 2 is 1.67 bits per heavy atom. The number of phenolic OH excluding ortho intramolecular Hbond substituents is 1. The first-order chi connectivity index (χ1) is 18.0. The zero-order valence-corrected chi connectivity index (χ0v) is 22.9. The Bertz CT molecular complexity index is 1290. The van der Waals surface area contributed by atoms with Crippen LogP contribution in [0.15, 0.2) is 41.3 Å². The van der Waals surface area contributed by atoms with E-state index in [9.17, 15) is 36.6 Å². The summed E-state index contributed by atoms with van der Waals surface area (Å²) in [4.78, 5) is 14.2. The molecule has 13 heteroatoms. The molecule has 2 N–H and O–H groups in total. The number of benzene rings is 2. The summed E-state index contributed by atoms with van der Waals surface area (Å²) in [7, 11) is -1.07. The largest absolute Gasteiger partial charge is 0.507 e. The van der Waals surface area contributed by atoms with Crippen molar-refractivity contribution in [3.05, 3.63) is 47.8 Å². The quantitative estimate of drug-likeness (QED) is 0.433. The standard InChI is InChI=1S/C26H33F4N3O5S/c1-16(2)13-22(25(35)36)32(4)24(26(28,29)30)17-5-7-19(21(27)14-17)20-15-18(6-8-23(20)34)39(37,38)33-11-9-31(3)10-12-33/h5-8,14-16,22,24,34H,9-13H2,1-4H3,(H,35,36)/t22-,24?/m0/s1. The molecule has 0 aromatic heterocycles. The molecule has 0 bridgehead atoms. The molecule has 0 aliphatic carbocycles. The number of piperazine rings is 1. The molecule has 0 radical (unpaired) electrons. The van der Waals surface area contributed by atoms with Crippen molar-refractivity contribution >= 4 is 16.0 Å². The van der Waals surface area contributed by atoms with Gasteiger partial charge >= 0.3 is 12.1 Å². The highest BCUT2D eigenvalue weighted by Gasteiger charge is 2.47. The Morgan fingerprint density at radius 3 is 2.18 bits per heavy atom. The number of likely N-dealkylation sites (N-methyl/N-ethyl adjacent to an activating group) is 2. The maximum atomic E-state index is 15.3. The van der Waals surface area contributed by atoms with Crippen molar-refractivity contribution in [2.45, 2.75) is 43.4 Å². The Kier molecular flexibility index (Phi) is 9.31. The molecule has 1 fully saturated rings. The Hall–Kier alpha value is -2.74. The number of nitrogens with zero attached hydrogens (tertiary/aromatic N) is 3. The van der Waals surface area contributed by atoms with Gasteiger partial charge < -0.3 is 15.1 Å². The Labute approximate surface area is 225 Å². The molecule has 1 heterocycles. The van der Waals surface area contributed by atoms with Gasteiger partial charge in [0.2, 0.25) is 10.0 Å². The van der Waals surface area contributed by atoms with Gasteiger partial charge in [0.15, 0.2) is 0 Å². The molecular formula is C26H33F4N3O5S. The van der Waals surface area contributed by atoms with Crippen LogP contribution in [-0.2, 0) is 14.8 Å². The molecule has 8 nitrogen and oxygen atoms in total. The van der Waals surface area contributed by atoms with Crippen LogP contribution >= 0.6 is 0 Å². The summed E-state index contributed by atoms with van der Waals surface area (Å²) in [6.07, 6.45) is -4.98. The number of halogens is 4. The monoisotopic (exact) mass is 575 g/mol. The summed E-state index contributed by atoms with van der Waals surface area (Å²) < 4.78 is 85.4. The molecule has 2 aromatic rings. The molecular weight excluding hydrogens is 542 g/mol. The fourth-order valence-electron chi connectivity index (χ4n) is 4.71. The van der Waals surface area contributed by atoms with Crippen molar-refractivity contribution < 1.29 is 41.0 Å². The maximum Gasteiger partial charge on any atom is 0.408 e. The third kappa shape index (κ3) is 6.89. The minimum Gasteiger partial charge on any atom is -0.507 e. The summed E-state index contributed by atoms with van der Waals surface area (Å²) in [6.45, 7) is 4.91. The number of carboxylic acid groups (broad SMARTS) is 1. The first-order valence-corrected chi connectivity index (χ1v) is 13.8. The van der Waals surface area contributed by atoms with Crippen molar-refractivity contribution in [2.24, 2.45) is 5.92 Å². The van der Waals surface area contributed by atoms with Crippen LogP contribution in [0.5, 0.6) is 5.75 Å². The lowest BCUT2D eigenvalue weighted by Crippen LogP contribution is -2.47. The molecule has 1 aliphatic heterocycles. The topological polar surface area (TPSA) is 101 Å². The summed E-state index contributed by atoms with van der Waals surface area (Å²) in [5.74, 6) is -3.22. The van der Waals surface area contributed by atoms with Crippen LogP contribution in [0.4, 0.5) is 17.6 Å². The minimum absolute atomic E-state index is 0.0541. The summed E-state index contributed by atoms with van der Waals surface area (Å²) in [6, 6.07) is 2.16. The second-order valence-electron chi connectivity index (χ2n) is 10.2. The van der Waals surface area contributed by atoms with Gasteiger partial charge in [-0.25, -0.2) is 12.8 Å². The van der Waals surface area contributed by atoms with Crippen LogP contribution < -0.4 is 0 Å². The Morgan fingerprint density at radius 1 is 1.05 bits per heavy atom. The van der Waals surface area contributed by atoms with Gasteiger partial charge in [-0.3, -0.25) is 9.69 Å². The van der Waals surface area contributed by atoms with Gasteiger partial charge in [0.1, 0.15) is 23.7 Å². The number of carbonyl (C=O) groups is 1. The van der Waals surface area contributed by atoms with Gasteiger partial charge in [0, 0.05) is 37.3 Å². The highest BCUT2D eigenvalue weighted by atomic mass is 32.2. The molecule has 3 rings (SSSR count). The number of aromatic hydroxyl groups is 1. The van der Waals surface area contributed by atoms with Crippen molar-refractivity contribution in [3.8, 4) is 16.9 Å². The lowest BCUT2D eigenvalue weighted by molar-refractivity contribution is -0.192. The van der Waals surface area contributed by atoms with E-state index in [-0.39, 0.29) is 41.5 Å². The van der Waals surface area contributed by atoms with Gasteiger partial charge in [-0.15, -0.1) is 0 Å².